The molecule has 9 heteroatoms. The molecular formula is C20H17N3O5S. The number of amides is 1. The first-order valence-corrected chi connectivity index (χ1v) is 10.3. The van der Waals surface area contributed by atoms with Crippen LogP contribution in [0.5, 0.6) is 0 Å². The van der Waals surface area contributed by atoms with Crippen LogP contribution >= 0.6 is 0 Å². The molecule has 2 N–H and O–H groups in total. The van der Waals surface area contributed by atoms with Gasteiger partial charge in [0.1, 0.15) is 0 Å². The van der Waals surface area contributed by atoms with Gasteiger partial charge in [0.2, 0.25) is 5.91 Å². The number of benzene rings is 2. The molecule has 3 aromatic rings. The van der Waals surface area contributed by atoms with Gasteiger partial charge < -0.3 is 10.0 Å². The van der Waals surface area contributed by atoms with Gasteiger partial charge in [-0.05, 0) is 36.4 Å². The molecule has 0 saturated carbocycles. The lowest BCUT2D eigenvalue weighted by Crippen LogP contribution is -2.25. The molecule has 0 radical (unpaired) electrons. The Hall–Kier alpha value is -3.46. The summed E-state index contributed by atoms with van der Waals surface area (Å²) in [5.41, 5.74) is 1.37. The molecule has 8 nitrogen and oxygen atoms in total. The first kappa shape index (κ1) is 18.9. The minimum Gasteiger partial charge on any atom is -0.481 e. The molecular weight excluding hydrogens is 394 g/mol. The van der Waals surface area contributed by atoms with Crippen molar-refractivity contribution in [3.8, 4) is 0 Å². The standard InChI is InChI=1S/C20H17N3O5S/c24-18-11-14(20(25)26)12-23(18)15-6-8-16(9-7-15)29(27,28)22-17-5-1-3-13-4-2-10-21-19(13)17/h1-10,14,22H,11-12H2,(H,25,26). The van der Waals surface area contributed by atoms with E-state index in [2.05, 4.69) is 9.71 Å². The molecule has 148 valence electrons. The number of hydrogen-bond donors (Lipinski definition) is 2. The lowest BCUT2D eigenvalue weighted by molar-refractivity contribution is -0.141. The van der Waals surface area contributed by atoms with E-state index in [0.717, 1.165) is 5.39 Å². The second kappa shape index (κ2) is 7.17. The number of aliphatic carboxylic acids is 1. The van der Waals surface area contributed by atoms with E-state index in [1.54, 1.807) is 24.4 Å². The molecule has 4 rings (SSSR count). The number of aromatic nitrogens is 1. The van der Waals surface area contributed by atoms with E-state index >= 15 is 0 Å². The topological polar surface area (TPSA) is 117 Å². The number of nitrogens with zero attached hydrogens (tertiary/aromatic N) is 2. The maximum atomic E-state index is 12.8. The molecule has 1 atom stereocenters. The van der Waals surface area contributed by atoms with Crippen LogP contribution in [0.15, 0.2) is 65.7 Å². The lowest BCUT2D eigenvalue weighted by Gasteiger charge is -2.17. The van der Waals surface area contributed by atoms with Gasteiger partial charge in [0.25, 0.3) is 10.0 Å². The van der Waals surface area contributed by atoms with Crippen molar-refractivity contribution in [3.63, 3.8) is 0 Å². The Balaban J connectivity index is 1.58. The number of carboxylic acid groups (broad SMARTS) is 1. The lowest BCUT2D eigenvalue weighted by atomic mass is 10.1. The fourth-order valence-electron chi connectivity index (χ4n) is 3.32. The molecule has 29 heavy (non-hydrogen) atoms. The van der Waals surface area contributed by atoms with Gasteiger partial charge in [0, 0.05) is 30.2 Å². The van der Waals surface area contributed by atoms with E-state index in [1.807, 2.05) is 12.1 Å². The first-order chi connectivity index (χ1) is 13.8. The number of anilines is 2. The number of fused-ring (bicyclic) bond motifs is 1. The number of carbonyl (C=O) groups excluding carboxylic acids is 1. The molecule has 0 bridgehead atoms. The summed E-state index contributed by atoms with van der Waals surface area (Å²) in [5.74, 6) is -2.08. The third-order valence-electron chi connectivity index (χ3n) is 4.81. The van der Waals surface area contributed by atoms with Crippen LogP contribution in [0.2, 0.25) is 0 Å². The van der Waals surface area contributed by atoms with Gasteiger partial charge in [-0.1, -0.05) is 18.2 Å². The second-order valence-electron chi connectivity index (χ2n) is 6.72. The number of para-hydroxylation sites is 1. The Labute approximate surface area is 166 Å². The molecule has 1 unspecified atom stereocenters. The van der Waals surface area contributed by atoms with E-state index in [-0.39, 0.29) is 23.8 Å². The van der Waals surface area contributed by atoms with Gasteiger partial charge in [-0.25, -0.2) is 8.42 Å². The molecule has 0 aliphatic carbocycles. The predicted molar refractivity (Wildman–Crippen MR) is 107 cm³/mol. The smallest absolute Gasteiger partial charge is 0.308 e. The number of sulfonamides is 1. The van der Waals surface area contributed by atoms with Crippen LogP contribution in [0.4, 0.5) is 11.4 Å². The summed E-state index contributed by atoms with van der Waals surface area (Å²) in [4.78, 5) is 28.8. The summed E-state index contributed by atoms with van der Waals surface area (Å²) in [6.07, 6.45) is 1.53. The highest BCUT2D eigenvalue weighted by atomic mass is 32.2. The zero-order valence-electron chi connectivity index (χ0n) is 15.1. The van der Waals surface area contributed by atoms with Crippen molar-refractivity contribution in [2.45, 2.75) is 11.3 Å². The van der Waals surface area contributed by atoms with Crippen LogP contribution in [0, 0.1) is 5.92 Å². The zero-order chi connectivity index (χ0) is 20.6. The quantitative estimate of drug-likeness (QED) is 0.666. The predicted octanol–water partition coefficient (Wildman–Crippen LogP) is 2.47. The zero-order valence-corrected chi connectivity index (χ0v) is 16.0. The van der Waals surface area contributed by atoms with Gasteiger partial charge in [-0.3, -0.25) is 19.3 Å². The maximum Gasteiger partial charge on any atom is 0.308 e. The molecule has 1 aromatic heterocycles. The highest BCUT2D eigenvalue weighted by Crippen LogP contribution is 2.28. The number of rotatable bonds is 5. The Kier molecular flexibility index (Phi) is 4.67. The minimum absolute atomic E-state index is 0.0237. The van der Waals surface area contributed by atoms with Gasteiger partial charge in [-0.2, -0.15) is 0 Å². The number of nitrogens with one attached hydrogen (secondary N) is 1. The largest absolute Gasteiger partial charge is 0.481 e. The Morgan fingerprint density at radius 1 is 1.10 bits per heavy atom. The Bertz CT molecular complexity index is 1200. The van der Waals surface area contributed by atoms with E-state index in [1.165, 1.54) is 29.2 Å². The summed E-state index contributed by atoms with van der Waals surface area (Å²) in [7, 11) is -3.87. The molecule has 2 heterocycles. The number of pyridine rings is 1. The van der Waals surface area contributed by atoms with Crippen molar-refractivity contribution >= 4 is 44.2 Å². The van der Waals surface area contributed by atoms with Crippen molar-refractivity contribution in [1.29, 1.82) is 0 Å². The summed E-state index contributed by atoms with van der Waals surface area (Å²) < 4.78 is 28.1. The van der Waals surface area contributed by atoms with E-state index in [0.29, 0.717) is 16.9 Å². The van der Waals surface area contributed by atoms with Gasteiger partial charge in [0.15, 0.2) is 0 Å². The summed E-state index contributed by atoms with van der Waals surface area (Å²) in [5, 5.41) is 9.90. The van der Waals surface area contributed by atoms with E-state index in [9.17, 15) is 18.0 Å². The van der Waals surface area contributed by atoms with Crippen LogP contribution in [-0.4, -0.2) is 36.9 Å². The van der Waals surface area contributed by atoms with Crippen molar-refractivity contribution < 1.29 is 23.1 Å². The van der Waals surface area contributed by atoms with E-state index in [4.69, 9.17) is 5.11 Å². The van der Waals surface area contributed by atoms with Gasteiger partial charge in [-0.15, -0.1) is 0 Å². The molecule has 1 fully saturated rings. The average molecular weight is 411 g/mol. The highest BCUT2D eigenvalue weighted by Gasteiger charge is 2.35. The third-order valence-corrected chi connectivity index (χ3v) is 6.19. The first-order valence-electron chi connectivity index (χ1n) is 8.85. The monoisotopic (exact) mass is 411 g/mol. The molecule has 1 aliphatic heterocycles. The highest BCUT2D eigenvalue weighted by molar-refractivity contribution is 7.92. The van der Waals surface area contributed by atoms with Crippen molar-refractivity contribution in [3.05, 3.63) is 60.8 Å². The summed E-state index contributed by atoms with van der Waals surface area (Å²) in [6, 6.07) is 14.6. The van der Waals surface area contributed by atoms with Crippen molar-refractivity contribution in [2.24, 2.45) is 5.92 Å². The number of carboxylic acids is 1. The summed E-state index contributed by atoms with van der Waals surface area (Å²) >= 11 is 0. The van der Waals surface area contributed by atoms with Crippen LogP contribution in [0.1, 0.15) is 6.42 Å². The normalized spacial score (nSPS) is 16.9. The second-order valence-corrected chi connectivity index (χ2v) is 8.41. The maximum absolute atomic E-state index is 12.8. The van der Waals surface area contributed by atoms with Crippen LogP contribution in [-0.2, 0) is 19.6 Å². The fourth-order valence-corrected chi connectivity index (χ4v) is 4.38. The molecule has 0 spiro atoms. The van der Waals surface area contributed by atoms with Crippen LogP contribution in [0.3, 0.4) is 0 Å². The van der Waals surface area contributed by atoms with E-state index < -0.39 is 21.9 Å². The summed E-state index contributed by atoms with van der Waals surface area (Å²) in [6.45, 7) is 0.0696. The molecule has 1 aliphatic rings. The molecule has 2 aromatic carbocycles. The van der Waals surface area contributed by atoms with Gasteiger partial charge in [0.05, 0.1) is 22.0 Å². The van der Waals surface area contributed by atoms with Crippen LogP contribution < -0.4 is 9.62 Å². The molecule has 1 saturated heterocycles. The third kappa shape index (κ3) is 3.64. The van der Waals surface area contributed by atoms with Gasteiger partial charge >= 0.3 is 5.97 Å². The van der Waals surface area contributed by atoms with Crippen LogP contribution in [0.25, 0.3) is 10.9 Å². The SMILES string of the molecule is O=C(O)C1CC(=O)N(c2ccc(S(=O)(=O)Nc3cccc4cccnc34)cc2)C1. The number of hydrogen-bond acceptors (Lipinski definition) is 5. The van der Waals surface area contributed by atoms with Crippen molar-refractivity contribution in [2.75, 3.05) is 16.2 Å². The van der Waals surface area contributed by atoms with Crippen molar-refractivity contribution in [1.82, 2.24) is 4.98 Å². The fraction of sp³-hybridized carbons (Fsp3) is 0.150. The Morgan fingerprint density at radius 2 is 1.83 bits per heavy atom. The number of carbonyl (C=O) groups is 2. The Morgan fingerprint density at radius 3 is 2.52 bits per heavy atom. The molecule has 1 amide bonds. The average Bonchev–Trinajstić information content (AvgIpc) is 3.10. The minimum atomic E-state index is -3.87.